The summed E-state index contributed by atoms with van der Waals surface area (Å²) in [6, 6.07) is 0.775. The minimum absolute atomic E-state index is 0.152. The van der Waals surface area contributed by atoms with E-state index >= 15 is 0 Å². The monoisotopic (exact) mass is 263 g/mol. The van der Waals surface area contributed by atoms with Crippen LogP contribution in [0.3, 0.4) is 0 Å². The van der Waals surface area contributed by atoms with E-state index in [1.54, 1.807) is 0 Å². The first-order valence-corrected chi connectivity index (χ1v) is 7.04. The van der Waals surface area contributed by atoms with Gasteiger partial charge in [0, 0.05) is 38.1 Å². The summed E-state index contributed by atoms with van der Waals surface area (Å²) < 4.78 is 0. The van der Waals surface area contributed by atoms with Gasteiger partial charge in [0.15, 0.2) is 0 Å². The minimum Gasteiger partial charge on any atom is -0.342 e. The van der Waals surface area contributed by atoms with Crippen molar-refractivity contribution in [3.8, 4) is 0 Å². The number of rotatable bonds is 5. The van der Waals surface area contributed by atoms with Crippen LogP contribution in [0.1, 0.15) is 25.3 Å². The lowest BCUT2D eigenvalue weighted by molar-refractivity contribution is 0.313. The molecule has 0 aliphatic carbocycles. The minimum atomic E-state index is 0.152. The van der Waals surface area contributed by atoms with Gasteiger partial charge in [-0.05, 0) is 45.3 Å². The second-order valence-corrected chi connectivity index (χ2v) is 5.73. The van der Waals surface area contributed by atoms with Crippen LogP contribution in [-0.4, -0.2) is 54.1 Å². The normalized spacial score (nSPS) is 21.6. The molecule has 2 rings (SSSR count). The Morgan fingerprint density at radius 1 is 1.47 bits per heavy atom. The van der Waals surface area contributed by atoms with Crippen LogP contribution >= 0.6 is 0 Å². The summed E-state index contributed by atoms with van der Waals surface area (Å²) in [6.07, 6.45) is 7.17. The highest BCUT2D eigenvalue weighted by molar-refractivity contribution is 5.29. The standard InChI is InChI=1S/C14H25N5/c1-11(15)7-12-8-16-14(17-9-12)19(3)10-13-5-4-6-18(13)2/h8-9,11,13H,4-7,10,15H2,1-3H3. The van der Waals surface area contributed by atoms with Crippen LogP contribution in [0.4, 0.5) is 5.95 Å². The quantitative estimate of drug-likeness (QED) is 0.855. The fraction of sp³-hybridized carbons (Fsp3) is 0.714. The van der Waals surface area contributed by atoms with E-state index in [9.17, 15) is 0 Å². The van der Waals surface area contributed by atoms with E-state index in [4.69, 9.17) is 5.73 Å². The number of likely N-dealkylation sites (N-methyl/N-ethyl adjacent to an activating group) is 2. The molecular formula is C14H25N5. The number of aromatic nitrogens is 2. The van der Waals surface area contributed by atoms with Crippen LogP contribution in [-0.2, 0) is 6.42 Å². The lowest BCUT2D eigenvalue weighted by atomic mass is 10.1. The van der Waals surface area contributed by atoms with Gasteiger partial charge >= 0.3 is 0 Å². The predicted octanol–water partition coefficient (Wildman–Crippen LogP) is 0.897. The molecule has 2 heterocycles. The summed E-state index contributed by atoms with van der Waals surface area (Å²) >= 11 is 0. The summed E-state index contributed by atoms with van der Waals surface area (Å²) in [4.78, 5) is 13.4. The number of likely N-dealkylation sites (tertiary alicyclic amines) is 1. The smallest absolute Gasteiger partial charge is 0.225 e. The third-order valence-electron chi connectivity index (χ3n) is 3.75. The lowest BCUT2D eigenvalue weighted by Crippen LogP contribution is -2.37. The molecule has 0 bridgehead atoms. The Morgan fingerprint density at radius 2 is 2.16 bits per heavy atom. The Hall–Kier alpha value is -1.20. The van der Waals surface area contributed by atoms with E-state index in [0.29, 0.717) is 6.04 Å². The SMILES string of the molecule is CC(N)Cc1cnc(N(C)CC2CCCN2C)nc1. The zero-order valence-electron chi connectivity index (χ0n) is 12.2. The maximum atomic E-state index is 5.77. The summed E-state index contributed by atoms with van der Waals surface area (Å²) in [5, 5.41) is 0. The zero-order chi connectivity index (χ0) is 13.8. The van der Waals surface area contributed by atoms with E-state index in [1.807, 2.05) is 19.3 Å². The van der Waals surface area contributed by atoms with E-state index in [1.165, 1.54) is 19.4 Å². The van der Waals surface area contributed by atoms with Gasteiger partial charge in [0.2, 0.25) is 5.95 Å². The fourth-order valence-corrected chi connectivity index (χ4v) is 2.63. The Balaban J connectivity index is 1.93. The lowest BCUT2D eigenvalue weighted by Gasteiger charge is -2.25. The summed E-state index contributed by atoms with van der Waals surface area (Å²) in [7, 11) is 4.25. The topological polar surface area (TPSA) is 58.3 Å². The van der Waals surface area contributed by atoms with Crippen molar-refractivity contribution in [2.24, 2.45) is 5.73 Å². The Labute approximate surface area is 115 Å². The van der Waals surface area contributed by atoms with Crippen molar-refractivity contribution >= 4 is 5.95 Å². The average Bonchev–Trinajstić information content (AvgIpc) is 2.75. The first-order chi connectivity index (χ1) is 9.06. The molecule has 2 atom stereocenters. The highest BCUT2D eigenvalue weighted by atomic mass is 15.3. The molecule has 1 aromatic heterocycles. The van der Waals surface area contributed by atoms with Crippen LogP contribution in [0, 0.1) is 0 Å². The van der Waals surface area contributed by atoms with Crippen molar-refractivity contribution in [1.82, 2.24) is 14.9 Å². The maximum absolute atomic E-state index is 5.77. The van der Waals surface area contributed by atoms with Crippen molar-refractivity contribution in [1.29, 1.82) is 0 Å². The first kappa shape index (κ1) is 14.2. The summed E-state index contributed by atoms with van der Waals surface area (Å²) in [6.45, 7) is 4.19. The number of anilines is 1. The highest BCUT2D eigenvalue weighted by Gasteiger charge is 2.22. The molecule has 5 heteroatoms. The Morgan fingerprint density at radius 3 is 2.68 bits per heavy atom. The first-order valence-electron chi connectivity index (χ1n) is 7.04. The molecule has 5 nitrogen and oxygen atoms in total. The van der Waals surface area contributed by atoms with Gasteiger partial charge in [0.25, 0.3) is 0 Å². The van der Waals surface area contributed by atoms with Crippen LogP contribution < -0.4 is 10.6 Å². The van der Waals surface area contributed by atoms with E-state index in [2.05, 4.69) is 33.9 Å². The van der Waals surface area contributed by atoms with Gasteiger partial charge in [-0.2, -0.15) is 0 Å². The largest absolute Gasteiger partial charge is 0.342 e. The Kier molecular flexibility index (Phi) is 4.71. The van der Waals surface area contributed by atoms with E-state index in [-0.39, 0.29) is 6.04 Å². The average molecular weight is 263 g/mol. The van der Waals surface area contributed by atoms with Crippen molar-refractivity contribution in [3.05, 3.63) is 18.0 Å². The zero-order valence-corrected chi connectivity index (χ0v) is 12.2. The van der Waals surface area contributed by atoms with Crippen LogP contribution in [0.2, 0.25) is 0 Å². The number of nitrogens with zero attached hydrogens (tertiary/aromatic N) is 4. The fourth-order valence-electron chi connectivity index (χ4n) is 2.63. The van der Waals surface area contributed by atoms with Crippen molar-refractivity contribution in [3.63, 3.8) is 0 Å². The van der Waals surface area contributed by atoms with Gasteiger partial charge in [0.1, 0.15) is 0 Å². The van der Waals surface area contributed by atoms with E-state index in [0.717, 1.165) is 24.5 Å². The molecule has 1 aliphatic rings. The van der Waals surface area contributed by atoms with Gasteiger partial charge in [0.05, 0.1) is 0 Å². The molecule has 0 radical (unpaired) electrons. The molecule has 2 N–H and O–H groups in total. The maximum Gasteiger partial charge on any atom is 0.225 e. The van der Waals surface area contributed by atoms with Gasteiger partial charge in [-0.1, -0.05) is 0 Å². The van der Waals surface area contributed by atoms with Crippen molar-refractivity contribution < 1.29 is 0 Å². The van der Waals surface area contributed by atoms with Crippen LogP contribution in [0.15, 0.2) is 12.4 Å². The number of nitrogens with two attached hydrogens (primary N) is 1. The number of hydrogen-bond acceptors (Lipinski definition) is 5. The van der Waals surface area contributed by atoms with Crippen LogP contribution in [0.5, 0.6) is 0 Å². The summed E-state index contributed by atoms with van der Waals surface area (Å²) in [5.74, 6) is 0.800. The number of hydrogen-bond donors (Lipinski definition) is 1. The van der Waals surface area contributed by atoms with Crippen molar-refractivity contribution in [2.75, 3.05) is 32.1 Å². The molecule has 1 aromatic rings. The van der Waals surface area contributed by atoms with Gasteiger partial charge in [-0.3, -0.25) is 0 Å². The summed E-state index contributed by atoms with van der Waals surface area (Å²) in [5.41, 5.74) is 6.88. The molecule has 0 amide bonds. The molecule has 0 saturated carbocycles. The molecule has 1 saturated heterocycles. The Bertz CT molecular complexity index is 389. The van der Waals surface area contributed by atoms with Gasteiger partial charge < -0.3 is 15.5 Å². The molecule has 1 fully saturated rings. The molecule has 0 spiro atoms. The van der Waals surface area contributed by atoms with Gasteiger partial charge in [-0.15, -0.1) is 0 Å². The molecule has 0 aromatic carbocycles. The van der Waals surface area contributed by atoms with Gasteiger partial charge in [-0.25, -0.2) is 9.97 Å². The molecule has 2 unspecified atom stereocenters. The second-order valence-electron chi connectivity index (χ2n) is 5.73. The molecule has 19 heavy (non-hydrogen) atoms. The molecule has 106 valence electrons. The molecular weight excluding hydrogens is 238 g/mol. The van der Waals surface area contributed by atoms with Crippen molar-refractivity contribution in [2.45, 2.75) is 38.3 Å². The highest BCUT2D eigenvalue weighted by Crippen LogP contribution is 2.17. The predicted molar refractivity (Wildman–Crippen MR) is 78.3 cm³/mol. The second kappa shape index (κ2) is 6.30. The third-order valence-corrected chi connectivity index (χ3v) is 3.75. The third kappa shape index (κ3) is 3.88. The van der Waals surface area contributed by atoms with E-state index < -0.39 is 0 Å². The van der Waals surface area contributed by atoms with Crippen LogP contribution in [0.25, 0.3) is 0 Å². The molecule has 1 aliphatic heterocycles.